The number of fused-ring (bicyclic) bond motifs is 1. The Hall–Kier alpha value is -3.22. The number of amides is 2. The van der Waals surface area contributed by atoms with Gasteiger partial charge in [0.15, 0.2) is 0 Å². The van der Waals surface area contributed by atoms with Gasteiger partial charge in [0.2, 0.25) is 5.95 Å². The third-order valence-corrected chi connectivity index (χ3v) is 3.16. The van der Waals surface area contributed by atoms with Crippen molar-refractivity contribution in [2.75, 3.05) is 17.2 Å². The Bertz CT molecular complexity index is 821. The summed E-state index contributed by atoms with van der Waals surface area (Å²) in [7, 11) is 0. The molecule has 7 heteroatoms. The highest BCUT2D eigenvalue weighted by molar-refractivity contribution is 5.97. The SMILES string of the molecule is CCNC(=O)Nc1cc2cccc(Nc3ncccn3)c2cn1. The Morgan fingerprint density at radius 1 is 1.13 bits per heavy atom. The van der Waals surface area contributed by atoms with Crippen molar-refractivity contribution in [3.8, 4) is 0 Å². The minimum atomic E-state index is -0.272. The van der Waals surface area contributed by atoms with E-state index in [0.29, 0.717) is 18.3 Å². The zero-order valence-corrected chi connectivity index (χ0v) is 12.6. The van der Waals surface area contributed by atoms with E-state index in [4.69, 9.17) is 0 Å². The molecule has 0 aliphatic carbocycles. The molecule has 116 valence electrons. The van der Waals surface area contributed by atoms with Gasteiger partial charge in [0, 0.05) is 30.5 Å². The molecule has 7 nitrogen and oxygen atoms in total. The zero-order chi connectivity index (χ0) is 16.1. The van der Waals surface area contributed by atoms with Gasteiger partial charge in [-0.05, 0) is 30.5 Å². The van der Waals surface area contributed by atoms with Crippen molar-refractivity contribution in [2.45, 2.75) is 6.92 Å². The van der Waals surface area contributed by atoms with E-state index in [0.717, 1.165) is 16.5 Å². The van der Waals surface area contributed by atoms with Crippen LogP contribution >= 0.6 is 0 Å². The monoisotopic (exact) mass is 308 g/mol. The van der Waals surface area contributed by atoms with Gasteiger partial charge >= 0.3 is 6.03 Å². The van der Waals surface area contributed by atoms with Crippen LogP contribution in [0.1, 0.15) is 6.92 Å². The van der Waals surface area contributed by atoms with Gasteiger partial charge < -0.3 is 10.6 Å². The van der Waals surface area contributed by atoms with Crippen LogP contribution in [0.5, 0.6) is 0 Å². The Labute approximate surface area is 133 Å². The molecule has 0 saturated carbocycles. The number of urea groups is 1. The Morgan fingerprint density at radius 2 is 1.96 bits per heavy atom. The second kappa shape index (κ2) is 6.69. The molecule has 0 fully saturated rings. The summed E-state index contributed by atoms with van der Waals surface area (Å²) >= 11 is 0. The summed E-state index contributed by atoms with van der Waals surface area (Å²) in [6.45, 7) is 2.42. The molecule has 2 amide bonds. The summed E-state index contributed by atoms with van der Waals surface area (Å²) in [5.41, 5.74) is 0.853. The highest BCUT2D eigenvalue weighted by atomic mass is 16.2. The van der Waals surface area contributed by atoms with E-state index >= 15 is 0 Å². The van der Waals surface area contributed by atoms with Crippen molar-refractivity contribution in [3.05, 3.63) is 48.9 Å². The van der Waals surface area contributed by atoms with Crippen molar-refractivity contribution in [3.63, 3.8) is 0 Å². The Kier molecular flexibility index (Phi) is 4.28. The molecule has 2 heterocycles. The molecule has 0 aliphatic heterocycles. The average Bonchev–Trinajstić information content (AvgIpc) is 2.56. The van der Waals surface area contributed by atoms with Crippen LogP contribution in [-0.4, -0.2) is 27.5 Å². The molecule has 3 rings (SSSR count). The van der Waals surface area contributed by atoms with E-state index in [9.17, 15) is 4.79 Å². The number of carbonyl (C=O) groups is 1. The van der Waals surface area contributed by atoms with Gasteiger partial charge in [-0.15, -0.1) is 0 Å². The maximum absolute atomic E-state index is 11.6. The first-order valence-corrected chi connectivity index (χ1v) is 7.24. The maximum atomic E-state index is 11.6. The predicted octanol–water partition coefficient (Wildman–Crippen LogP) is 2.91. The molecule has 0 bridgehead atoms. The maximum Gasteiger partial charge on any atom is 0.320 e. The lowest BCUT2D eigenvalue weighted by Gasteiger charge is -2.10. The summed E-state index contributed by atoms with van der Waals surface area (Å²) in [5, 5.41) is 10.4. The second-order valence-corrected chi connectivity index (χ2v) is 4.78. The van der Waals surface area contributed by atoms with E-state index in [1.807, 2.05) is 31.2 Å². The lowest BCUT2D eigenvalue weighted by atomic mass is 10.1. The molecule has 3 N–H and O–H groups in total. The fourth-order valence-electron chi connectivity index (χ4n) is 2.15. The van der Waals surface area contributed by atoms with Crippen LogP contribution in [-0.2, 0) is 0 Å². The molecule has 2 aromatic heterocycles. The van der Waals surface area contributed by atoms with Crippen molar-refractivity contribution >= 4 is 34.3 Å². The number of hydrogen-bond donors (Lipinski definition) is 3. The lowest BCUT2D eigenvalue weighted by molar-refractivity contribution is 0.252. The number of nitrogens with one attached hydrogen (secondary N) is 3. The van der Waals surface area contributed by atoms with E-state index in [1.165, 1.54) is 0 Å². The first-order chi connectivity index (χ1) is 11.3. The van der Waals surface area contributed by atoms with Gasteiger partial charge in [0.05, 0.1) is 5.69 Å². The van der Waals surface area contributed by atoms with E-state index < -0.39 is 0 Å². The van der Waals surface area contributed by atoms with Crippen LogP contribution in [0.3, 0.4) is 0 Å². The first kappa shape index (κ1) is 14.7. The number of pyridine rings is 1. The van der Waals surface area contributed by atoms with Crippen molar-refractivity contribution in [1.29, 1.82) is 0 Å². The van der Waals surface area contributed by atoms with Gasteiger partial charge in [-0.2, -0.15) is 0 Å². The van der Waals surface area contributed by atoms with Gasteiger partial charge in [0.1, 0.15) is 5.82 Å². The third kappa shape index (κ3) is 3.52. The third-order valence-electron chi connectivity index (χ3n) is 3.16. The number of hydrogen-bond acceptors (Lipinski definition) is 5. The Balaban J connectivity index is 1.88. The van der Waals surface area contributed by atoms with E-state index in [2.05, 4.69) is 30.9 Å². The summed E-state index contributed by atoms with van der Waals surface area (Å²) in [5.74, 6) is 1.01. The summed E-state index contributed by atoms with van der Waals surface area (Å²) < 4.78 is 0. The average molecular weight is 308 g/mol. The fraction of sp³-hybridized carbons (Fsp3) is 0.125. The molecule has 0 unspecified atom stereocenters. The highest BCUT2D eigenvalue weighted by Crippen LogP contribution is 2.26. The minimum Gasteiger partial charge on any atom is -0.338 e. The largest absolute Gasteiger partial charge is 0.338 e. The Morgan fingerprint density at radius 3 is 2.74 bits per heavy atom. The minimum absolute atomic E-state index is 0.272. The molecule has 1 aromatic carbocycles. The summed E-state index contributed by atoms with van der Waals surface area (Å²) in [6.07, 6.45) is 5.06. The lowest BCUT2D eigenvalue weighted by Crippen LogP contribution is -2.28. The van der Waals surface area contributed by atoms with Gasteiger partial charge in [0.25, 0.3) is 0 Å². The molecular formula is C16H16N6O. The standard InChI is InChI=1S/C16H16N6O/c1-2-17-16(23)22-14-9-11-5-3-6-13(12(11)10-20-14)21-15-18-7-4-8-19-15/h3-10H,2H2,1H3,(H,18,19,21)(H2,17,20,22,23). The molecule has 3 aromatic rings. The molecule has 0 radical (unpaired) electrons. The van der Waals surface area contributed by atoms with Crippen LogP contribution in [0.15, 0.2) is 48.9 Å². The first-order valence-electron chi connectivity index (χ1n) is 7.24. The number of benzene rings is 1. The van der Waals surface area contributed by atoms with Crippen molar-refractivity contribution < 1.29 is 4.79 Å². The van der Waals surface area contributed by atoms with E-state index in [-0.39, 0.29) is 6.03 Å². The van der Waals surface area contributed by atoms with Gasteiger partial charge in [-0.3, -0.25) is 5.32 Å². The van der Waals surface area contributed by atoms with Gasteiger partial charge in [-0.25, -0.2) is 19.7 Å². The summed E-state index contributed by atoms with van der Waals surface area (Å²) in [6, 6.07) is 9.11. The van der Waals surface area contributed by atoms with Crippen LogP contribution in [0.25, 0.3) is 10.8 Å². The number of anilines is 3. The number of aromatic nitrogens is 3. The molecule has 0 atom stereocenters. The van der Waals surface area contributed by atoms with E-state index in [1.54, 1.807) is 24.7 Å². The normalized spacial score (nSPS) is 10.3. The van der Waals surface area contributed by atoms with Crippen molar-refractivity contribution in [2.24, 2.45) is 0 Å². The molecule has 0 spiro atoms. The molecule has 0 aliphatic rings. The van der Waals surface area contributed by atoms with Gasteiger partial charge in [-0.1, -0.05) is 12.1 Å². The summed E-state index contributed by atoms with van der Waals surface area (Å²) in [4.78, 5) is 24.1. The number of nitrogens with zero attached hydrogens (tertiary/aromatic N) is 3. The topological polar surface area (TPSA) is 91.8 Å². The second-order valence-electron chi connectivity index (χ2n) is 4.78. The van der Waals surface area contributed by atoms with Crippen LogP contribution in [0.2, 0.25) is 0 Å². The van der Waals surface area contributed by atoms with Crippen molar-refractivity contribution in [1.82, 2.24) is 20.3 Å². The molecular weight excluding hydrogens is 292 g/mol. The quantitative estimate of drug-likeness (QED) is 0.689. The fourth-order valence-corrected chi connectivity index (χ4v) is 2.15. The number of carbonyl (C=O) groups excluding carboxylic acids is 1. The molecule has 23 heavy (non-hydrogen) atoms. The smallest absolute Gasteiger partial charge is 0.320 e. The van der Waals surface area contributed by atoms with Crippen LogP contribution < -0.4 is 16.0 Å². The number of rotatable bonds is 4. The zero-order valence-electron chi connectivity index (χ0n) is 12.6. The predicted molar refractivity (Wildman–Crippen MR) is 89.8 cm³/mol. The van der Waals surface area contributed by atoms with Crippen LogP contribution in [0.4, 0.5) is 22.2 Å². The molecule has 0 saturated heterocycles. The van der Waals surface area contributed by atoms with Crippen LogP contribution in [0, 0.1) is 0 Å². The highest BCUT2D eigenvalue weighted by Gasteiger charge is 2.06.